The number of anilines is 1. The van der Waals surface area contributed by atoms with Gasteiger partial charge in [-0.25, -0.2) is 22.1 Å². The van der Waals surface area contributed by atoms with Crippen LogP contribution in [0.4, 0.5) is 10.1 Å². The number of sulfonamides is 1. The number of carbonyl (C=O) groups excluding carboxylic acids is 1. The first-order chi connectivity index (χ1) is 14.5. The van der Waals surface area contributed by atoms with Crippen molar-refractivity contribution in [1.29, 1.82) is 5.41 Å². The van der Waals surface area contributed by atoms with Crippen molar-refractivity contribution in [3.63, 3.8) is 0 Å². The first kappa shape index (κ1) is 21.2. The van der Waals surface area contributed by atoms with E-state index in [1.54, 1.807) is 18.2 Å². The third-order valence-corrected chi connectivity index (χ3v) is 7.41. The van der Waals surface area contributed by atoms with Gasteiger partial charge in [-0.1, -0.05) is 15.9 Å². The number of carbonyl (C=O) groups is 1. The molecular formula is C19H17BrFN5O4S. The van der Waals surface area contributed by atoms with Crippen molar-refractivity contribution in [1.82, 2.24) is 14.6 Å². The van der Waals surface area contributed by atoms with Crippen LogP contribution in [0.1, 0.15) is 23.2 Å². The summed E-state index contributed by atoms with van der Waals surface area (Å²) in [5.74, 6) is -2.33. The fourth-order valence-corrected chi connectivity index (χ4v) is 5.15. The Morgan fingerprint density at radius 1 is 1.35 bits per heavy atom. The second-order valence-electron chi connectivity index (χ2n) is 7.31. The first-order valence-electron chi connectivity index (χ1n) is 8.99. The molecule has 1 fully saturated rings. The van der Waals surface area contributed by atoms with Gasteiger partial charge in [0.2, 0.25) is 16.0 Å². The van der Waals surface area contributed by atoms with Gasteiger partial charge in [0.05, 0.1) is 11.3 Å². The average molecular weight is 510 g/mol. The van der Waals surface area contributed by atoms with E-state index in [4.69, 9.17) is 9.83 Å². The number of guanidine groups is 1. The minimum atomic E-state index is -3.82. The van der Waals surface area contributed by atoms with E-state index in [1.165, 1.54) is 26.1 Å². The van der Waals surface area contributed by atoms with Gasteiger partial charge < -0.3 is 15.1 Å². The largest absolute Gasteiger partial charge is 0.432 e. The van der Waals surface area contributed by atoms with Crippen molar-refractivity contribution >= 4 is 54.6 Å². The predicted molar refractivity (Wildman–Crippen MR) is 116 cm³/mol. The quantitative estimate of drug-likeness (QED) is 0.497. The van der Waals surface area contributed by atoms with Gasteiger partial charge >= 0.3 is 5.91 Å². The zero-order valence-corrected chi connectivity index (χ0v) is 18.8. The van der Waals surface area contributed by atoms with Gasteiger partial charge in [-0.05, 0) is 43.3 Å². The number of benzene rings is 2. The molecule has 1 amide bonds. The van der Waals surface area contributed by atoms with Crippen LogP contribution in [0.5, 0.6) is 0 Å². The van der Waals surface area contributed by atoms with E-state index >= 15 is 0 Å². The van der Waals surface area contributed by atoms with Crippen molar-refractivity contribution in [3.05, 3.63) is 58.1 Å². The molecule has 3 N–H and O–H groups in total. The van der Waals surface area contributed by atoms with E-state index in [0.29, 0.717) is 11.1 Å². The van der Waals surface area contributed by atoms with Gasteiger partial charge in [-0.15, -0.1) is 0 Å². The summed E-state index contributed by atoms with van der Waals surface area (Å²) in [5.41, 5.74) is -0.271. The molecular weight excluding hydrogens is 493 g/mol. The second-order valence-corrected chi connectivity index (χ2v) is 10.2. The number of hydrogen-bond donors (Lipinski definition) is 3. The Labute approximate surface area is 185 Å². The molecule has 1 unspecified atom stereocenters. The maximum Gasteiger partial charge on any atom is 0.311 e. The molecule has 12 heteroatoms. The molecule has 1 aliphatic rings. The molecule has 3 aromatic rings. The molecule has 1 aliphatic heterocycles. The van der Waals surface area contributed by atoms with Gasteiger partial charge in [-0.2, -0.15) is 0 Å². The van der Waals surface area contributed by atoms with E-state index < -0.39 is 33.0 Å². The molecule has 2 heterocycles. The molecule has 4 rings (SSSR count). The third kappa shape index (κ3) is 3.88. The second kappa shape index (κ2) is 7.31. The number of amides is 1. The van der Waals surface area contributed by atoms with Crippen LogP contribution in [0.2, 0.25) is 0 Å². The lowest BCUT2D eigenvalue weighted by Gasteiger charge is -2.40. The van der Waals surface area contributed by atoms with Gasteiger partial charge in [0.25, 0.3) is 5.89 Å². The van der Waals surface area contributed by atoms with E-state index in [0.717, 1.165) is 14.8 Å². The molecule has 9 nitrogen and oxygen atoms in total. The summed E-state index contributed by atoms with van der Waals surface area (Å²) in [4.78, 5) is 16.7. The molecule has 0 saturated carbocycles. The van der Waals surface area contributed by atoms with Crippen molar-refractivity contribution in [2.75, 3.05) is 18.1 Å². The maximum atomic E-state index is 14.6. The van der Waals surface area contributed by atoms with Crippen molar-refractivity contribution < 1.29 is 22.0 Å². The SMILES string of the molecule is CN1C(=N)NC(C)(c2cc(NC(=O)c3nc4cc(Br)ccc4o3)ccc2F)CS1(=O)=O. The predicted octanol–water partition coefficient (Wildman–Crippen LogP) is 3.00. The Hall–Kier alpha value is -2.99. The lowest BCUT2D eigenvalue weighted by atomic mass is 9.93. The van der Waals surface area contributed by atoms with Crippen LogP contribution in [0, 0.1) is 11.2 Å². The number of rotatable bonds is 3. The van der Waals surface area contributed by atoms with Gasteiger partial charge in [0.1, 0.15) is 11.3 Å². The van der Waals surface area contributed by atoms with E-state index in [1.807, 2.05) is 0 Å². The van der Waals surface area contributed by atoms with Gasteiger partial charge in [0, 0.05) is 22.8 Å². The van der Waals surface area contributed by atoms with Crippen molar-refractivity contribution in [2.45, 2.75) is 12.5 Å². The molecule has 0 aliphatic carbocycles. The number of fused-ring (bicyclic) bond motifs is 1. The summed E-state index contributed by atoms with van der Waals surface area (Å²) < 4.78 is 46.4. The van der Waals surface area contributed by atoms with E-state index in [2.05, 4.69) is 31.5 Å². The van der Waals surface area contributed by atoms with Gasteiger partial charge in [0.15, 0.2) is 5.58 Å². The standard InChI is InChI=1S/C19H17BrFN5O4S/c1-19(9-31(28,29)26(2)18(22)25-19)12-8-11(4-5-13(12)21)23-16(27)17-24-14-7-10(20)3-6-15(14)30-17/h3-8H,9H2,1-2H3,(H2,22,25)(H,23,27). The van der Waals surface area contributed by atoms with Crippen LogP contribution in [-0.2, 0) is 15.6 Å². The van der Waals surface area contributed by atoms with Gasteiger partial charge in [-0.3, -0.25) is 10.2 Å². The maximum absolute atomic E-state index is 14.6. The molecule has 1 atom stereocenters. The first-order valence-corrected chi connectivity index (χ1v) is 11.4. The molecule has 1 saturated heterocycles. The minimum Gasteiger partial charge on any atom is -0.432 e. The van der Waals surface area contributed by atoms with Crippen LogP contribution in [0.3, 0.4) is 0 Å². The summed E-state index contributed by atoms with van der Waals surface area (Å²) in [6, 6.07) is 8.91. The fraction of sp³-hybridized carbons (Fsp3) is 0.211. The van der Waals surface area contributed by atoms with Crippen LogP contribution in [-0.4, -0.2) is 42.4 Å². The zero-order valence-electron chi connectivity index (χ0n) is 16.4. The number of hydrogen-bond acceptors (Lipinski definition) is 6. The number of nitrogens with one attached hydrogen (secondary N) is 3. The Morgan fingerprint density at radius 2 is 2.10 bits per heavy atom. The van der Waals surface area contributed by atoms with Crippen LogP contribution >= 0.6 is 15.9 Å². The minimum absolute atomic E-state index is 0.00628. The third-order valence-electron chi connectivity index (χ3n) is 4.96. The monoisotopic (exact) mass is 509 g/mol. The van der Waals surface area contributed by atoms with Crippen LogP contribution in [0.15, 0.2) is 45.3 Å². The Kier molecular flexibility index (Phi) is 5.01. The van der Waals surface area contributed by atoms with Crippen molar-refractivity contribution in [2.24, 2.45) is 0 Å². The van der Waals surface area contributed by atoms with Crippen LogP contribution < -0.4 is 10.6 Å². The normalized spacial score (nSPS) is 20.5. The molecule has 0 radical (unpaired) electrons. The number of aromatic nitrogens is 1. The summed E-state index contributed by atoms with van der Waals surface area (Å²) in [5, 5.41) is 13.2. The fourth-order valence-electron chi connectivity index (χ4n) is 3.33. The number of halogens is 2. The molecule has 1 aromatic heterocycles. The Morgan fingerprint density at radius 3 is 2.81 bits per heavy atom. The van der Waals surface area contributed by atoms with Crippen molar-refractivity contribution in [3.8, 4) is 0 Å². The van der Waals surface area contributed by atoms with E-state index in [9.17, 15) is 17.6 Å². The topological polar surface area (TPSA) is 128 Å². The molecule has 31 heavy (non-hydrogen) atoms. The summed E-state index contributed by atoms with van der Waals surface area (Å²) in [7, 11) is -2.57. The molecule has 0 spiro atoms. The molecule has 0 bridgehead atoms. The lowest BCUT2D eigenvalue weighted by molar-refractivity contribution is 0.0992. The number of oxazole rings is 1. The van der Waals surface area contributed by atoms with Crippen LogP contribution in [0.25, 0.3) is 11.1 Å². The highest BCUT2D eigenvalue weighted by molar-refractivity contribution is 9.10. The summed E-state index contributed by atoms with van der Waals surface area (Å²) >= 11 is 3.32. The lowest BCUT2D eigenvalue weighted by Crippen LogP contribution is -2.61. The molecule has 162 valence electrons. The summed E-state index contributed by atoms with van der Waals surface area (Å²) in [6.45, 7) is 1.48. The highest BCUT2D eigenvalue weighted by Crippen LogP contribution is 2.31. The molecule has 2 aromatic carbocycles. The number of nitrogens with zero attached hydrogens (tertiary/aromatic N) is 2. The van der Waals surface area contributed by atoms with E-state index in [-0.39, 0.29) is 23.1 Å². The summed E-state index contributed by atoms with van der Waals surface area (Å²) in [6.07, 6.45) is 0. The smallest absolute Gasteiger partial charge is 0.311 e. The Balaban J connectivity index is 1.64. The Bertz CT molecular complexity index is 1340. The average Bonchev–Trinajstić information content (AvgIpc) is 3.10. The zero-order chi connectivity index (χ0) is 22.6. The highest BCUT2D eigenvalue weighted by atomic mass is 79.9. The highest BCUT2D eigenvalue weighted by Gasteiger charge is 2.43.